The third-order valence-corrected chi connectivity index (χ3v) is 6.53. The van der Waals surface area contributed by atoms with Crippen LogP contribution in [0.5, 0.6) is 0 Å². The van der Waals surface area contributed by atoms with Gasteiger partial charge in [0.2, 0.25) is 5.91 Å². The fourth-order valence-electron chi connectivity index (χ4n) is 3.42. The summed E-state index contributed by atoms with van der Waals surface area (Å²) in [6, 6.07) is -0.839. The van der Waals surface area contributed by atoms with Crippen LogP contribution in [-0.2, 0) is 18.4 Å². The van der Waals surface area contributed by atoms with E-state index in [-0.39, 0.29) is 19.1 Å². The molecule has 9 heteroatoms. The lowest BCUT2D eigenvalue weighted by Crippen LogP contribution is -2.44. The minimum absolute atomic E-state index is 0.0590. The maximum absolute atomic E-state index is 12.1. The fraction of sp³-hybridized carbons (Fsp3) is 0.880. The smallest absolute Gasteiger partial charge is 0.387 e. The van der Waals surface area contributed by atoms with Gasteiger partial charge in [-0.1, -0.05) is 83.3 Å². The molecule has 0 fully saturated rings. The summed E-state index contributed by atoms with van der Waals surface area (Å²) in [5, 5.41) is 13.0. The van der Waals surface area contributed by atoms with Crippen molar-refractivity contribution in [1.29, 1.82) is 0 Å². The number of likely N-dealkylation sites (N-methyl/N-ethyl adjacent to an activating group) is 1. The number of hydrogen-bond donors (Lipinski definition) is 3. The number of hydrogen-bond acceptors (Lipinski definition) is 5. The molecule has 0 spiro atoms. The van der Waals surface area contributed by atoms with Crippen LogP contribution < -0.4 is 5.32 Å². The number of allylic oxidation sites excluding steroid dienone is 1. The zero-order valence-electron chi connectivity index (χ0n) is 22.3. The summed E-state index contributed by atoms with van der Waals surface area (Å²) in [6.07, 6.45) is 17.4. The maximum atomic E-state index is 12.1. The first kappa shape index (κ1) is 33.2. The fourth-order valence-corrected chi connectivity index (χ4v) is 4.16. The molecule has 0 aliphatic carbocycles. The van der Waals surface area contributed by atoms with E-state index in [4.69, 9.17) is 9.05 Å². The summed E-state index contributed by atoms with van der Waals surface area (Å²) in [6.45, 7) is 3.83. The molecule has 0 radical (unpaired) electrons. The summed E-state index contributed by atoms with van der Waals surface area (Å²) >= 11 is 0. The number of carbonyl (C=O) groups excluding carboxylic acids is 1. The molecule has 1 unspecified atom stereocenters. The molecule has 0 aliphatic rings. The second-order valence-electron chi connectivity index (χ2n) is 10.2. The van der Waals surface area contributed by atoms with E-state index in [1.165, 1.54) is 64.7 Å². The topological polar surface area (TPSA) is 105 Å². The molecular formula is C25H52N2O6P+. The highest BCUT2D eigenvalue weighted by atomic mass is 31.2. The van der Waals surface area contributed by atoms with Crippen LogP contribution in [0.1, 0.15) is 90.9 Å². The number of quaternary nitrogens is 1. The van der Waals surface area contributed by atoms with Gasteiger partial charge in [0.15, 0.2) is 0 Å². The van der Waals surface area contributed by atoms with Gasteiger partial charge in [0.25, 0.3) is 0 Å². The van der Waals surface area contributed by atoms with Gasteiger partial charge in [0, 0.05) is 6.92 Å². The molecule has 0 aromatic carbocycles. The van der Waals surface area contributed by atoms with Crippen molar-refractivity contribution in [2.24, 2.45) is 0 Å². The zero-order valence-corrected chi connectivity index (χ0v) is 23.2. The molecule has 0 saturated heterocycles. The Bertz CT molecular complexity index is 594. The number of aliphatic hydroxyl groups excluding tert-OH is 1. The van der Waals surface area contributed by atoms with E-state index in [2.05, 4.69) is 12.2 Å². The SMILES string of the molecule is CCCCCCCCCCCCC/C=C/[C@@H](O)[C@H](COP(=O)(O)OCC[N+](C)(C)C)NC(C)=O. The van der Waals surface area contributed by atoms with Gasteiger partial charge in [-0.25, -0.2) is 4.57 Å². The molecule has 3 atom stereocenters. The van der Waals surface area contributed by atoms with Crippen LogP contribution in [0.25, 0.3) is 0 Å². The summed E-state index contributed by atoms with van der Waals surface area (Å²) in [7, 11) is 1.56. The van der Waals surface area contributed by atoms with Gasteiger partial charge in [-0.3, -0.25) is 13.8 Å². The number of carbonyl (C=O) groups is 1. The third-order valence-electron chi connectivity index (χ3n) is 5.54. The number of phosphoric acid groups is 1. The molecule has 0 aromatic rings. The molecular weight excluding hydrogens is 455 g/mol. The molecule has 202 valence electrons. The largest absolute Gasteiger partial charge is 0.472 e. The number of phosphoric ester groups is 1. The standard InChI is InChI=1S/C25H51N2O6P/c1-6-7-8-9-10-11-12-13-14-15-16-17-18-19-25(29)24(26-23(2)28)22-33-34(30,31)32-21-20-27(3,4)5/h18-19,24-25,29H,6-17,20-22H2,1-5H3,(H-,26,28,30,31)/p+1/b19-18+/t24-,25+/m0/s1. The number of amides is 1. The van der Waals surface area contributed by atoms with Gasteiger partial charge in [0.1, 0.15) is 13.2 Å². The highest BCUT2D eigenvalue weighted by Crippen LogP contribution is 2.43. The molecule has 8 nitrogen and oxygen atoms in total. The van der Waals surface area contributed by atoms with Crippen molar-refractivity contribution in [2.45, 2.75) is 103 Å². The monoisotopic (exact) mass is 507 g/mol. The number of unbranched alkanes of at least 4 members (excludes halogenated alkanes) is 11. The van der Waals surface area contributed by atoms with Gasteiger partial charge in [0.05, 0.1) is 39.9 Å². The first-order chi connectivity index (χ1) is 16.0. The van der Waals surface area contributed by atoms with Crippen LogP contribution >= 0.6 is 7.82 Å². The highest BCUT2D eigenvalue weighted by Gasteiger charge is 2.27. The van der Waals surface area contributed by atoms with E-state index in [1.807, 2.05) is 27.2 Å². The van der Waals surface area contributed by atoms with Crippen molar-refractivity contribution in [3.8, 4) is 0 Å². The van der Waals surface area contributed by atoms with E-state index in [1.54, 1.807) is 6.08 Å². The van der Waals surface area contributed by atoms with Gasteiger partial charge in [-0.15, -0.1) is 0 Å². The average Bonchev–Trinajstić information content (AvgIpc) is 2.73. The van der Waals surface area contributed by atoms with Crippen LogP contribution in [0.15, 0.2) is 12.2 Å². The van der Waals surface area contributed by atoms with E-state index in [0.717, 1.165) is 19.3 Å². The Balaban J connectivity index is 4.16. The normalized spacial score (nSPS) is 15.9. The quantitative estimate of drug-likeness (QED) is 0.0829. The highest BCUT2D eigenvalue weighted by molar-refractivity contribution is 7.47. The third kappa shape index (κ3) is 21.8. The minimum Gasteiger partial charge on any atom is -0.387 e. The van der Waals surface area contributed by atoms with Crippen molar-refractivity contribution in [2.75, 3.05) is 40.9 Å². The second kappa shape index (κ2) is 19.4. The molecule has 0 bridgehead atoms. The Kier molecular flexibility index (Phi) is 19.0. The van der Waals surface area contributed by atoms with E-state index >= 15 is 0 Å². The second-order valence-corrected chi connectivity index (χ2v) is 11.6. The van der Waals surface area contributed by atoms with Crippen LogP contribution in [0, 0.1) is 0 Å². The lowest BCUT2D eigenvalue weighted by molar-refractivity contribution is -0.870. The van der Waals surface area contributed by atoms with E-state index in [0.29, 0.717) is 11.0 Å². The van der Waals surface area contributed by atoms with Crippen molar-refractivity contribution < 1.29 is 32.9 Å². The maximum Gasteiger partial charge on any atom is 0.472 e. The summed E-state index contributed by atoms with van der Waals surface area (Å²) in [5.74, 6) is -0.356. The first-order valence-electron chi connectivity index (χ1n) is 13.0. The number of nitrogens with zero attached hydrogens (tertiary/aromatic N) is 1. The van der Waals surface area contributed by atoms with Crippen LogP contribution in [0.2, 0.25) is 0 Å². The first-order valence-corrected chi connectivity index (χ1v) is 14.5. The summed E-state index contributed by atoms with van der Waals surface area (Å²) in [4.78, 5) is 21.4. The minimum atomic E-state index is -4.27. The van der Waals surface area contributed by atoms with Crippen LogP contribution in [0.3, 0.4) is 0 Å². The van der Waals surface area contributed by atoms with Gasteiger partial charge in [-0.2, -0.15) is 0 Å². The van der Waals surface area contributed by atoms with Crippen molar-refractivity contribution in [3.05, 3.63) is 12.2 Å². The summed E-state index contributed by atoms with van der Waals surface area (Å²) < 4.78 is 22.7. The van der Waals surface area contributed by atoms with Crippen molar-refractivity contribution in [3.63, 3.8) is 0 Å². The van der Waals surface area contributed by atoms with E-state index < -0.39 is 20.0 Å². The Labute approximate surface area is 208 Å². The van der Waals surface area contributed by atoms with Crippen LogP contribution in [0.4, 0.5) is 0 Å². The number of aliphatic hydroxyl groups is 1. The Hall–Kier alpha value is -0.760. The Morgan fingerprint density at radius 2 is 1.50 bits per heavy atom. The van der Waals surface area contributed by atoms with Crippen molar-refractivity contribution in [1.82, 2.24) is 5.32 Å². The molecule has 1 amide bonds. The molecule has 0 saturated carbocycles. The Morgan fingerprint density at radius 3 is 2.00 bits per heavy atom. The molecule has 0 heterocycles. The van der Waals surface area contributed by atoms with Crippen LogP contribution in [-0.4, -0.2) is 73.4 Å². The van der Waals surface area contributed by atoms with Gasteiger partial charge in [-0.05, 0) is 12.8 Å². The molecule has 0 rings (SSSR count). The Morgan fingerprint density at radius 1 is 0.971 bits per heavy atom. The van der Waals surface area contributed by atoms with Crippen molar-refractivity contribution >= 4 is 13.7 Å². The molecule has 3 N–H and O–H groups in total. The predicted octanol–water partition coefficient (Wildman–Crippen LogP) is 4.95. The number of rotatable bonds is 22. The van der Waals surface area contributed by atoms with Gasteiger partial charge >= 0.3 is 7.82 Å². The average molecular weight is 508 g/mol. The van der Waals surface area contributed by atoms with E-state index in [9.17, 15) is 19.4 Å². The van der Waals surface area contributed by atoms with Gasteiger partial charge < -0.3 is 19.8 Å². The predicted molar refractivity (Wildman–Crippen MR) is 138 cm³/mol. The lowest BCUT2D eigenvalue weighted by atomic mass is 10.0. The summed E-state index contributed by atoms with van der Waals surface area (Å²) in [5.41, 5.74) is 0. The molecule has 0 aliphatic heterocycles. The number of nitrogens with one attached hydrogen (secondary N) is 1. The zero-order chi connectivity index (χ0) is 25.9. The molecule has 34 heavy (non-hydrogen) atoms. The lowest BCUT2D eigenvalue weighted by Gasteiger charge is -2.25. The molecule has 0 aromatic heterocycles.